The highest BCUT2D eigenvalue weighted by atomic mass is 19.1. The Morgan fingerprint density at radius 3 is 2.23 bits per heavy atom. The highest BCUT2D eigenvalue weighted by molar-refractivity contribution is 5.56. The standard InChI is InChI=1S/C25H36F2N2O/c1-3-5-6-7-8-9-10-11-12-20-18-28-25(29-19-20)21-13-14-24(23(27)17-21)30-16-15-22(26)4-2/h13-14,17-19,22H,3-12,15-16H2,1-2H3. The van der Waals surface area contributed by atoms with Gasteiger partial charge in [0.1, 0.15) is 6.17 Å². The third-order valence-electron chi connectivity index (χ3n) is 5.35. The highest BCUT2D eigenvalue weighted by Crippen LogP contribution is 2.24. The number of halogens is 2. The van der Waals surface area contributed by atoms with Crippen molar-refractivity contribution in [1.29, 1.82) is 0 Å². The van der Waals surface area contributed by atoms with Crippen LogP contribution >= 0.6 is 0 Å². The van der Waals surface area contributed by atoms with Gasteiger partial charge in [0.2, 0.25) is 0 Å². The molecule has 2 aromatic rings. The lowest BCUT2D eigenvalue weighted by Gasteiger charge is -2.10. The lowest BCUT2D eigenvalue weighted by Crippen LogP contribution is -2.07. The molecule has 0 spiro atoms. The molecule has 166 valence electrons. The number of benzene rings is 1. The van der Waals surface area contributed by atoms with Crippen molar-refractivity contribution in [2.45, 2.75) is 90.6 Å². The van der Waals surface area contributed by atoms with Crippen LogP contribution in [0, 0.1) is 5.82 Å². The number of unbranched alkanes of at least 4 members (excludes halogenated alkanes) is 7. The molecule has 30 heavy (non-hydrogen) atoms. The molecule has 0 amide bonds. The van der Waals surface area contributed by atoms with Crippen LogP contribution in [0.2, 0.25) is 0 Å². The second-order valence-electron chi connectivity index (χ2n) is 7.93. The third kappa shape index (κ3) is 8.76. The van der Waals surface area contributed by atoms with Gasteiger partial charge in [0.25, 0.3) is 0 Å². The number of rotatable bonds is 15. The number of aryl methyl sites for hydroxylation is 1. The van der Waals surface area contributed by atoms with E-state index < -0.39 is 12.0 Å². The molecule has 2 rings (SSSR count). The summed E-state index contributed by atoms with van der Waals surface area (Å²) >= 11 is 0. The van der Waals surface area contributed by atoms with E-state index in [2.05, 4.69) is 16.9 Å². The van der Waals surface area contributed by atoms with Gasteiger partial charge in [0, 0.05) is 24.4 Å². The number of ether oxygens (including phenoxy) is 1. The van der Waals surface area contributed by atoms with E-state index in [1.165, 1.54) is 51.0 Å². The first-order valence-electron chi connectivity index (χ1n) is 11.5. The molecule has 0 N–H and O–H groups in total. The Balaban J connectivity index is 1.76. The second kappa shape index (κ2) is 14.1. The van der Waals surface area contributed by atoms with E-state index in [0.29, 0.717) is 17.8 Å². The lowest BCUT2D eigenvalue weighted by molar-refractivity contribution is 0.225. The number of aromatic nitrogens is 2. The normalized spacial score (nSPS) is 12.1. The first-order valence-corrected chi connectivity index (χ1v) is 11.5. The number of alkyl halides is 1. The summed E-state index contributed by atoms with van der Waals surface area (Å²) in [5.74, 6) is 0.148. The number of hydrogen-bond donors (Lipinski definition) is 0. The van der Waals surface area contributed by atoms with Gasteiger partial charge < -0.3 is 4.74 Å². The average Bonchev–Trinajstić information content (AvgIpc) is 2.77. The maximum atomic E-state index is 14.3. The van der Waals surface area contributed by atoms with Crippen LogP contribution in [0.4, 0.5) is 8.78 Å². The van der Waals surface area contributed by atoms with Gasteiger partial charge in [-0.3, -0.25) is 0 Å². The van der Waals surface area contributed by atoms with Gasteiger partial charge in [0.15, 0.2) is 17.4 Å². The van der Waals surface area contributed by atoms with Crippen LogP contribution in [0.15, 0.2) is 30.6 Å². The molecule has 0 saturated carbocycles. The van der Waals surface area contributed by atoms with Gasteiger partial charge in [0.05, 0.1) is 6.61 Å². The summed E-state index contributed by atoms with van der Waals surface area (Å²) in [6.07, 6.45) is 14.8. The van der Waals surface area contributed by atoms with Crippen LogP contribution in [0.5, 0.6) is 5.75 Å². The molecule has 0 saturated heterocycles. The summed E-state index contributed by atoms with van der Waals surface area (Å²) in [7, 11) is 0. The zero-order chi connectivity index (χ0) is 21.6. The molecule has 0 bridgehead atoms. The van der Waals surface area contributed by atoms with Crippen molar-refractivity contribution >= 4 is 0 Å². The summed E-state index contributed by atoms with van der Waals surface area (Å²) in [5.41, 5.74) is 1.72. The monoisotopic (exact) mass is 418 g/mol. The van der Waals surface area contributed by atoms with E-state index in [4.69, 9.17) is 4.74 Å². The van der Waals surface area contributed by atoms with Crippen LogP contribution in [0.3, 0.4) is 0 Å². The van der Waals surface area contributed by atoms with Crippen LogP contribution in [0.25, 0.3) is 11.4 Å². The van der Waals surface area contributed by atoms with Crippen molar-refractivity contribution in [2.24, 2.45) is 0 Å². The van der Waals surface area contributed by atoms with Crippen LogP contribution in [-0.2, 0) is 6.42 Å². The van der Waals surface area contributed by atoms with Crippen molar-refractivity contribution in [2.75, 3.05) is 6.61 Å². The minimum Gasteiger partial charge on any atom is -0.490 e. The van der Waals surface area contributed by atoms with E-state index in [1.807, 2.05) is 12.4 Å². The fourth-order valence-electron chi connectivity index (χ4n) is 3.35. The molecule has 5 heteroatoms. The molecule has 1 aromatic carbocycles. The Hall–Kier alpha value is -2.04. The molecular weight excluding hydrogens is 382 g/mol. The summed E-state index contributed by atoms with van der Waals surface area (Å²) in [5, 5.41) is 0. The number of hydrogen-bond acceptors (Lipinski definition) is 3. The van der Waals surface area contributed by atoms with E-state index in [1.54, 1.807) is 19.1 Å². The topological polar surface area (TPSA) is 35.0 Å². The minimum absolute atomic E-state index is 0.133. The summed E-state index contributed by atoms with van der Waals surface area (Å²) in [6, 6.07) is 4.66. The number of nitrogens with zero attached hydrogens (tertiary/aromatic N) is 2. The average molecular weight is 419 g/mol. The van der Waals surface area contributed by atoms with Crippen LogP contribution in [-0.4, -0.2) is 22.7 Å². The second-order valence-corrected chi connectivity index (χ2v) is 7.93. The molecule has 0 aliphatic rings. The molecule has 0 aliphatic carbocycles. The zero-order valence-electron chi connectivity index (χ0n) is 18.5. The molecule has 1 aromatic heterocycles. The van der Waals surface area contributed by atoms with Gasteiger partial charge in [-0.25, -0.2) is 18.7 Å². The van der Waals surface area contributed by atoms with Crippen LogP contribution < -0.4 is 4.74 Å². The van der Waals surface area contributed by atoms with E-state index in [0.717, 1.165) is 18.4 Å². The predicted molar refractivity (Wildman–Crippen MR) is 119 cm³/mol. The molecule has 0 aliphatic heterocycles. The van der Waals surface area contributed by atoms with Gasteiger partial charge in [-0.2, -0.15) is 0 Å². The van der Waals surface area contributed by atoms with Crippen molar-refractivity contribution in [1.82, 2.24) is 9.97 Å². The molecule has 1 heterocycles. The lowest BCUT2D eigenvalue weighted by atomic mass is 10.1. The third-order valence-corrected chi connectivity index (χ3v) is 5.35. The quantitative estimate of drug-likeness (QED) is 0.281. The summed E-state index contributed by atoms with van der Waals surface area (Å²) in [4.78, 5) is 8.79. The maximum Gasteiger partial charge on any atom is 0.165 e. The predicted octanol–water partition coefficient (Wildman–Crippen LogP) is 7.48. The van der Waals surface area contributed by atoms with Crippen LogP contribution in [0.1, 0.15) is 83.6 Å². The molecule has 1 unspecified atom stereocenters. The first kappa shape index (κ1) is 24.2. The van der Waals surface area contributed by atoms with Crippen molar-refractivity contribution in [3.05, 3.63) is 42.0 Å². The Bertz CT molecular complexity index is 722. The van der Waals surface area contributed by atoms with Gasteiger partial charge in [-0.05, 0) is 43.0 Å². The Morgan fingerprint density at radius 2 is 1.60 bits per heavy atom. The Labute approximate surface area is 180 Å². The van der Waals surface area contributed by atoms with Gasteiger partial charge in [-0.1, -0.05) is 58.8 Å². The first-order chi connectivity index (χ1) is 14.6. The molecule has 1 atom stereocenters. The highest BCUT2D eigenvalue weighted by Gasteiger charge is 2.10. The molecular formula is C25H36F2N2O. The fraction of sp³-hybridized carbons (Fsp3) is 0.600. The summed E-state index contributed by atoms with van der Waals surface area (Å²) < 4.78 is 32.9. The van der Waals surface area contributed by atoms with E-state index >= 15 is 0 Å². The fourth-order valence-corrected chi connectivity index (χ4v) is 3.35. The smallest absolute Gasteiger partial charge is 0.165 e. The molecule has 0 radical (unpaired) electrons. The maximum absolute atomic E-state index is 14.3. The van der Waals surface area contributed by atoms with Crippen molar-refractivity contribution < 1.29 is 13.5 Å². The Morgan fingerprint density at radius 1 is 0.933 bits per heavy atom. The van der Waals surface area contributed by atoms with E-state index in [-0.39, 0.29) is 18.8 Å². The molecule has 3 nitrogen and oxygen atoms in total. The van der Waals surface area contributed by atoms with Crippen molar-refractivity contribution in [3.8, 4) is 17.1 Å². The summed E-state index contributed by atoms with van der Waals surface area (Å²) in [6.45, 7) is 4.18. The SMILES string of the molecule is CCCCCCCCCCc1cnc(-c2ccc(OCCC(F)CC)c(F)c2)nc1. The van der Waals surface area contributed by atoms with Crippen molar-refractivity contribution in [3.63, 3.8) is 0 Å². The van der Waals surface area contributed by atoms with Gasteiger partial charge in [-0.15, -0.1) is 0 Å². The largest absolute Gasteiger partial charge is 0.490 e. The molecule has 0 fully saturated rings. The van der Waals surface area contributed by atoms with Gasteiger partial charge >= 0.3 is 0 Å². The Kier molecular flexibility index (Phi) is 11.3. The zero-order valence-corrected chi connectivity index (χ0v) is 18.5. The minimum atomic E-state index is -0.912. The van der Waals surface area contributed by atoms with E-state index in [9.17, 15) is 8.78 Å².